The van der Waals surface area contributed by atoms with Crippen molar-refractivity contribution in [3.63, 3.8) is 0 Å². The molecule has 1 atom stereocenters. The van der Waals surface area contributed by atoms with E-state index in [0.29, 0.717) is 12.2 Å². The minimum atomic E-state index is 0.249. The van der Waals surface area contributed by atoms with Crippen molar-refractivity contribution < 1.29 is 4.74 Å². The first-order valence-corrected chi connectivity index (χ1v) is 7.72. The number of nitrogens with one attached hydrogen (secondary N) is 1. The summed E-state index contributed by atoms with van der Waals surface area (Å²) in [5.74, 6) is 0.948. The van der Waals surface area contributed by atoms with Crippen molar-refractivity contribution in [1.82, 2.24) is 5.32 Å². The topological polar surface area (TPSA) is 45.0 Å². The second-order valence-electron chi connectivity index (χ2n) is 5.12. The van der Waals surface area contributed by atoms with E-state index in [2.05, 4.69) is 24.4 Å². The van der Waals surface area contributed by atoms with Gasteiger partial charge < -0.3 is 10.1 Å². The summed E-state index contributed by atoms with van der Waals surface area (Å²) < 4.78 is 5.73. The van der Waals surface area contributed by atoms with E-state index >= 15 is 0 Å². The molecule has 22 heavy (non-hydrogen) atoms. The van der Waals surface area contributed by atoms with Gasteiger partial charge in [0.1, 0.15) is 5.75 Å². The number of nitrogens with zero attached hydrogens (tertiary/aromatic N) is 1. The van der Waals surface area contributed by atoms with Gasteiger partial charge in [-0.05, 0) is 37.1 Å². The molecule has 114 valence electrons. The molecule has 0 amide bonds. The summed E-state index contributed by atoms with van der Waals surface area (Å²) in [6.45, 7) is 5.61. The standard InChI is InChI=1S/C19H22N2O/c1-3-18(17-7-5-6-8-19(17)22-4-2)21-14-16-11-9-15(13-20)10-12-16/h5-12,18,21H,3-4,14H2,1-2H3. The van der Waals surface area contributed by atoms with Crippen molar-refractivity contribution in [1.29, 1.82) is 5.26 Å². The fourth-order valence-corrected chi connectivity index (χ4v) is 2.47. The Balaban J connectivity index is 2.07. The quantitative estimate of drug-likeness (QED) is 0.832. The molecule has 0 saturated heterocycles. The van der Waals surface area contributed by atoms with E-state index in [1.54, 1.807) is 0 Å². The van der Waals surface area contributed by atoms with Crippen LogP contribution in [0, 0.1) is 11.3 Å². The molecule has 0 spiro atoms. The van der Waals surface area contributed by atoms with Crippen LogP contribution in [0.1, 0.15) is 43.0 Å². The molecule has 2 aromatic carbocycles. The fraction of sp³-hybridized carbons (Fsp3) is 0.316. The molecule has 3 heteroatoms. The van der Waals surface area contributed by atoms with Gasteiger partial charge in [-0.25, -0.2) is 0 Å². The molecule has 0 aromatic heterocycles. The van der Waals surface area contributed by atoms with Crippen molar-refractivity contribution >= 4 is 0 Å². The Morgan fingerprint density at radius 2 is 1.82 bits per heavy atom. The van der Waals surface area contributed by atoms with E-state index in [1.165, 1.54) is 11.1 Å². The van der Waals surface area contributed by atoms with Crippen LogP contribution in [-0.4, -0.2) is 6.61 Å². The number of benzene rings is 2. The van der Waals surface area contributed by atoms with Crippen LogP contribution in [0.4, 0.5) is 0 Å². The third-order valence-electron chi connectivity index (χ3n) is 3.64. The number of hydrogen-bond acceptors (Lipinski definition) is 3. The average molecular weight is 294 g/mol. The van der Waals surface area contributed by atoms with Crippen molar-refractivity contribution in [2.75, 3.05) is 6.61 Å². The SMILES string of the molecule is CCOc1ccccc1C(CC)NCc1ccc(C#N)cc1. The Hall–Kier alpha value is -2.31. The van der Waals surface area contributed by atoms with Crippen LogP contribution in [0.3, 0.4) is 0 Å². The first kappa shape index (κ1) is 16.1. The highest BCUT2D eigenvalue weighted by atomic mass is 16.5. The minimum absolute atomic E-state index is 0.249. The highest BCUT2D eigenvalue weighted by molar-refractivity contribution is 5.36. The van der Waals surface area contributed by atoms with Gasteiger partial charge in [-0.15, -0.1) is 0 Å². The lowest BCUT2D eigenvalue weighted by molar-refractivity contribution is 0.330. The molecular weight excluding hydrogens is 272 g/mol. The van der Waals surface area contributed by atoms with E-state index in [4.69, 9.17) is 10.00 Å². The lowest BCUT2D eigenvalue weighted by Crippen LogP contribution is -2.21. The molecular formula is C19H22N2O. The summed E-state index contributed by atoms with van der Waals surface area (Å²) in [7, 11) is 0. The molecule has 2 aromatic rings. The van der Waals surface area contributed by atoms with Crippen LogP contribution in [-0.2, 0) is 6.54 Å². The van der Waals surface area contributed by atoms with Crippen LogP contribution in [0.2, 0.25) is 0 Å². The molecule has 0 saturated carbocycles. The Kier molecular flexibility index (Phi) is 6.00. The first-order valence-electron chi connectivity index (χ1n) is 7.72. The number of rotatable bonds is 7. The lowest BCUT2D eigenvalue weighted by atomic mass is 10.0. The van der Waals surface area contributed by atoms with Gasteiger partial charge >= 0.3 is 0 Å². The van der Waals surface area contributed by atoms with E-state index in [0.717, 1.165) is 18.7 Å². The monoisotopic (exact) mass is 294 g/mol. The normalized spacial score (nSPS) is 11.7. The van der Waals surface area contributed by atoms with E-state index in [1.807, 2.05) is 49.4 Å². The molecule has 0 aliphatic carbocycles. The third kappa shape index (κ3) is 4.09. The Labute approximate surface area is 132 Å². The smallest absolute Gasteiger partial charge is 0.124 e. The summed E-state index contributed by atoms with van der Waals surface area (Å²) in [4.78, 5) is 0. The molecule has 0 radical (unpaired) electrons. The maximum absolute atomic E-state index is 8.83. The predicted molar refractivity (Wildman–Crippen MR) is 88.6 cm³/mol. The van der Waals surface area contributed by atoms with Crippen molar-refractivity contribution in [3.8, 4) is 11.8 Å². The van der Waals surface area contributed by atoms with Gasteiger partial charge in [-0.3, -0.25) is 0 Å². The highest BCUT2D eigenvalue weighted by Gasteiger charge is 2.13. The zero-order valence-corrected chi connectivity index (χ0v) is 13.2. The summed E-state index contributed by atoms with van der Waals surface area (Å²) in [6.07, 6.45) is 0.986. The minimum Gasteiger partial charge on any atom is -0.494 e. The van der Waals surface area contributed by atoms with Crippen LogP contribution in [0.15, 0.2) is 48.5 Å². The molecule has 1 N–H and O–H groups in total. The molecule has 1 unspecified atom stereocenters. The van der Waals surface area contributed by atoms with Crippen LogP contribution in [0.5, 0.6) is 5.75 Å². The van der Waals surface area contributed by atoms with Gasteiger partial charge in [0.2, 0.25) is 0 Å². The number of para-hydroxylation sites is 1. The summed E-state index contributed by atoms with van der Waals surface area (Å²) in [6, 6.07) is 18.3. The predicted octanol–water partition coefficient (Wildman–Crippen LogP) is 4.20. The van der Waals surface area contributed by atoms with Gasteiger partial charge in [0.05, 0.1) is 18.2 Å². The van der Waals surface area contributed by atoms with Gasteiger partial charge in [-0.1, -0.05) is 37.3 Å². The summed E-state index contributed by atoms with van der Waals surface area (Å²) in [5, 5.41) is 12.4. The highest BCUT2D eigenvalue weighted by Crippen LogP contribution is 2.27. The van der Waals surface area contributed by atoms with Gasteiger partial charge in [-0.2, -0.15) is 5.26 Å². The van der Waals surface area contributed by atoms with Crippen molar-refractivity contribution in [2.45, 2.75) is 32.9 Å². The Bertz CT molecular complexity index is 629. The van der Waals surface area contributed by atoms with Crippen LogP contribution >= 0.6 is 0 Å². The van der Waals surface area contributed by atoms with Crippen molar-refractivity contribution in [2.24, 2.45) is 0 Å². The molecule has 3 nitrogen and oxygen atoms in total. The largest absolute Gasteiger partial charge is 0.494 e. The van der Waals surface area contributed by atoms with E-state index in [-0.39, 0.29) is 6.04 Å². The first-order chi connectivity index (χ1) is 10.8. The maximum Gasteiger partial charge on any atom is 0.124 e. The van der Waals surface area contributed by atoms with Gasteiger partial charge in [0.15, 0.2) is 0 Å². The molecule has 2 rings (SSSR count). The molecule has 0 fully saturated rings. The van der Waals surface area contributed by atoms with E-state index < -0.39 is 0 Å². The van der Waals surface area contributed by atoms with E-state index in [9.17, 15) is 0 Å². The second kappa shape index (κ2) is 8.21. The fourth-order valence-electron chi connectivity index (χ4n) is 2.47. The maximum atomic E-state index is 8.83. The molecule has 0 bridgehead atoms. The Morgan fingerprint density at radius 3 is 2.45 bits per heavy atom. The van der Waals surface area contributed by atoms with Gasteiger partial charge in [0.25, 0.3) is 0 Å². The van der Waals surface area contributed by atoms with Crippen LogP contribution in [0.25, 0.3) is 0 Å². The average Bonchev–Trinajstić information content (AvgIpc) is 2.57. The summed E-state index contributed by atoms with van der Waals surface area (Å²) in [5.41, 5.74) is 3.06. The summed E-state index contributed by atoms with van der Waals surface area (Å²) >= 11 is 0. The number of ether oxygens (including phenoxy) is 1. The molecule has 0 heterocycles. The third-order valence-corrected chi connectivity index (χ3v) is 3.64. The molecule has 0 aliphatic heterocycles. The zero-order chi connectivity index (χ0) is 15.8. The number of nitriles is 1. The Morgan fingerprint density at radius 1 is 1.09 bits per heavy atom. The second-order valence-corrected chi connectivity index (χ2v) is 5.12. The lowest BCUT2D eigenvalue weighted by Gasteiger charge is -2.20. The van der Waals surface area contributed by atoms with Crippen LogP contribution < -0.4 is 10.1 Å². The van der Waals surface area contributed by atoms with Gasteiger partial charge in [0, 0.05) is 18.2 Å². The van der Waals surface area contributed by atoms with Crippen molar-refractivity contribution in [3.05, 3.63) is 65.2 Å². The number of hydrogen-bond donors (Lipinski definition) is 1. The molecule has 0 aliphatic rings. The zero-order valence-electron chi connectivity index (χ0n) is 13.2.